The summed E-state index contributed by atoms with van der Waals surface area (Å²) in [7, 11) is 0. The molecule has 2 atom stereocenters. The molecular formula is C22H30N2O2. The van der Waals surface area contributed by atoms with Crippen LogP contribution in [0.4, 0.5) is 5.69 Å². The van der Waals surface area contributed by atoms with Crippen molar-refractivity contribution in [3.63, 3.8) is 0 Å². The molecule has 26 heavy (non-hydrogen) atoms. The molecule has 1 aliphatic heterocycles. The molecular weight excluding hydrogens is 324 g/mol. The minimum atomic E-state index is -0.645. The Kier molecular flexibility index (Phi) is 5.54. The second kappa shape index (κ2) is 7.68. The first-order valence-corrected chi connectivity index (χ1v) is 9.42. The van der Waals surface area contributed by atoms with Gasteiger partial charge in [-0.2, -0.15) is 0 Å². The maximum absolute atomic E-state index is 10.9. The van der Waals surface area contributed by atoms with Crippen molar-refractivity contribution >= 4 is 5.69 Å². The summed E-state index contributed by atoms with van der Waals surface area (Å²) in [5.41, 5.74) is 2.69. The van der Waals surface area contributed by atoms with Gasteiger partial charge in [-0.1, -0.05) is 36.4 Å². The first-order chi connectivity index (χ1) is 12.4. The summed E-state index contributed by atoms with van der Waals surface area (Å²) in [6, 6.07) is 16.8. The molecule has 4 nitrogen and oxygen atoms in total. The topological polar surface area (TPSA) is 53.5 Å². The SMILES string of the molecule is CC(C)Nc1ccc2c(c1)OC(C)(C)C(O)[C@H]2NCCc1ccccc1. The molecule has 0 bridgehead atoms. The zero-order valence-corrected chi connectivity index (χ0v) is 16.1. The average Bonchev–Trinajstić information content (AvgIpc) is 2.58. The van der Waals surface area contributed by atoms with Crippen molar-refractivity contribution in [1.29, 1.82) is 0 Å². The Morgan fingerprint density at radius 3 is 2.54 bits per heavy atom. The van der Waals surface area contributed by atoms with E-state index in [9.17, 15) is 5.11 Å². The second-order valence-corrected chi connectivity index (χ2v) is 7.87. The third-order valence-electron chi connectivity index (χ3n) is 4.83. The monoisotopic (exact) mass is 354 g/mol. The molecule has 1 aliphatic rings. The van der Waals surface area contributed by atoms with Crippen LogP contribution in [-0.4, -0.2) is 29.4 Å². The van der Waals surface area contributed by atoms with Crippen molar-refractivity contribution in [3.8, 4) is 5.75 Å². The van der Waals surface area contributed by atoms with Gasteiger partial charge in [0.15, 0.2) is 0 Å². The number of aliphatic hydroxyl groups is 1. The van der Waals surface area contributed by atoms with Crippen LogP contribution >= 0.6 is 0 Å². The van der Waals surface area contributed by atoms with Crippen LogP contribution in [0.1, 0.15) is 44.9 Å². The van der Waals surface area contributed by atoms with Crippen molar-refractivity contribution < 1.29 is 9.84 Å². The Hall–Kier alpha value is -2.04. The number of nitrogens with one attached hydrogen (secondary N) is 2. The van der Waals surface area contributed by atoms with Gasteiger partial charge in [-0.25, -0.2) is 0 Å². The zero-order valence-electron chi connectivity index (χ0n) is 16.1. The Bertz CT molecular complexity index is 728. The lowest BCUT2D eigenvalue weighted by Gasteiger charge is -2.42. The zero-order chi connectivity index (χ0) is 18.7. The van der Waals surface area contributed by atoms with Crippen LogP contribution < -0.4 is 15.4 Å². The lowest BCUT2D eigenvalue weighted by Crippen LogP contribution is -2.52. The number of aliphatic hydroxyl groups excluding tert-OH is 1. The standard InChI is InChI=1S/C22H30N2O2/c1-15(2)24-17-10-11-18-19(14-17)26-22(3,4)21(25)20(18)23-13-12-16-8-6-5-7-9-16/h5-11,14-15,20-21,23-25H,12-13H2,1-4H3/t20-,21?/m0/s1. The molecule has 2 aromatic carbocycles. The Morgan fingerprint density at radius 1 is 1.12 bits per heavy atom. The molecule has 4 heteroatoms. The first kappa shape index (κ1) is 18.7. The summed E-state index contributed by atoms with van der Waals surface area (Å²) in [5, 5.41) is 17.8. The molecule has 2 aromatic rings. The highest BCUT2D eigenvalue weighted by atomic mass is 16.5. The van der Waals surface area contributed by atoms with E-state index in [0.29, 0.717) is 6.04 Å². The molecule has 0 radical (unpaired) electrons. The van der Waals surface area contributed by atoms with Gasteiger partial charge in [0.25, 0.3) is 0 Å². The van der Waals surface area contributed by atoms with Crippen LogP contribution in [0.2, 0.25) is 0 Å². The summed E-state index contributed by atoms with van der Waals surface area (Å²) in [6.45, 7) is 8.90. The number of hydrogen-bond donors (Lipinski definition) is 3. The third kappa shape index (κ3) is 4.19. The first-order valence-electron chi connectivity index (χ1n) is 9.42. The highest BCUT2D eigenvalue weighted by molar-refractivity contribution is 5.54. The Balaban J connectivity index is 1.78. The lowest BCUT2D eigenvalue weighted by molar-refractivity contribution is -0.0643. The molecule has 0 amide bonds. The Labute approximate surface area is 156 Å². The highest BCUT2D eigenvalue weighted by Gasteiger charge is 2.42. The van der Waals surface area contributed by atoms with Crippen molar-refractivity contribution in [1.82, 2.24) is 5.32 Å². The van der Waals surface area contributed by atoms with Crippen molar-refractivity contribution in [3.05, 3.63) is 59.7 Å². The smallest absolute Gasteiger partial charge is 0.131 e. The predicted molar refractivity (Wildman–Crippen MR) is 107 cm³/mol. The molecule has 1 unspecified atom stereocenters. The quantitative estimate of drug-likeness (QED) is 0.736. The van der Waals surface area contributed by atoms with Crippen LogP contribution in [-0.2, 0) is 6.42 Å². The van der Waals surface area contributed by atoms with Crippen LogP contribution in [0.3, 0.4) is 0 Å². The number of rotatable bonds is 6. The maximum Gasteiger partial charge on any atom is 0.131 e. The summed E-state index contributed by atoms with van der Waals surface area (Å²) >= 11 is 0. The summed E-state index contributed by atoms with van der Waals surface area (Å²) in [5.74, 6) is 0.836. The van der Waals surface area contributed by atoms with E-state index < -0.39 is 11.7 Å². The number of fused-ring (bicyclic) bond motifs is 1. The molecule has 3 N–H and O–H groups in total. The van der Waals surface area contributed by atoms with E-state index in [4.69, 9.17) is 4.74 Å². The molecule has 1 heterocycles. The predicted octanol–water partition coefficient (Wildman–Crippen LogP) is 3.91. The largest absolute Gasteiger partial charge is 0.485 e. The van der Waals surface area contributed by atoms with Gasteiger partial charge in [0.2, 0.25) is 0 Å². The lowest BCUT2D eigenvalue weighted by atomic mass is 9.86. The molecule has 0 fully saturated rings. The van der Waals surface area contributed by atoms with Gasteiger partial charge < -0.3 is 20.5 Å². The summed E-state index contributed by atoms with van der Waals surface area (Å²) in [6.07, 6.45) is 0.308. The fourth-order valence-corrected chi connectivity index (χ4v) is 3.46. The maximum atomic E-state index is 10.9. The summed E-state index contributed by atoms with van der Waals surface area (Å²) in [4.78, 5) is 0. The van der Waals surface area contributed by atoms with Gasteiger partial charge in [0.05, 0.1) is 6.04 Å². The van der Waals surface area contributed by atoms with Crippen molar-refractivity contribution in [2.24, 2.45) is 0 Å². The van der Waals surface area contributed by atoms with Crippen LogP contribution in [0.5, 0.6) is 5.75 Å². The number of ether oxygens (including phenoxy) is 1. The second-order valence-electron chi connectivity index (χ2n) is 7.87. The van der Waals surface area contributed by atoms with E-state index in [-0.39, 0.29) is 6.04 Å². The molecule has 0 aliphatic carbocycles. The van der Waals surface area contributed by atoms with Crippen LogP contribution in [0, 0.1) is 0 Å². The molecule has 0 aromatic heterocycles. The van der Waals surface area contributed by atoms with Crippen LogP contribution in [0.15, 0.2) is 48.5 Å². The number of anilines is 1. The van der Waals surface area contributed by atoms with Gasteiger partial charge in [-0.15, -0.1) is 0 Å². The average molecular weight is 354 g/mol. The van der Waals surface area contributed by atoms with E-state index >= 15 is 0 Å². The minimum Gasteiger partial charge on any atom is -0.485 e. The molecule has 3 rings (SSSR count). The third-order valence-corrected chi connectivity index (χ3v) is 4.83. The number of hydrogen-bond acceptors (Lipinski definition) is 4. The van der Waals surface area contributed by atoms with Gasteiger partial charge in [0, 0.05) is 23.4 Å². The molecule has 0 saturated heterocycles. The molecule has 0 spiro atoms. The van der Waals surface area contributed by atoms with Crippen LogP contribution in [0.25, 0.3) is 0 Å². The van der Waals surface area contributed by atoms with Gasteiger partial charge in [-0.3, -0.25) is 0 Å². The number of benzene rings is 2. The van der Waals surface area contributed by atoms with E-state index in [2.05, 4.69) is 60.9 Å². The minimum absolute atomic E-state index is 0.148. The fraction of sp³-hybridized carbons (Fsp3) is 0.455. The summed E-state index contributed by atoms with van der Waals surface area (Å²) < 4.78 is 6.12. The highest BCUT2D eigenvalue weighted by Crippen LogP contribution is 2.41. The van der Waals surface area contributed by atoms with Gasteiger partial charge in [-0.05, 0) is 52.3 Å². The van der Waals surface area contributed by atoms with E-state index in [1.54, 1.807) is 0 Å². The molecule has 0 saturated carbocycles. The molecule has 140 valence electrons. The van der Waals surface area contributed by atoms with E-state index in [1.807, 2.05) is 26.0 Å². The Morgan fingerprint density at radius 2 is 1.85 bits per heavy atom. The van der Waals surface area contributed by atoms with Crippen molar-refractivity contribution in [2.45, 2.75) is 57.9 Å². The van der Waals surface area contributed by atoms with Gasteiger partial charge in [0.1, 0.15) is 17.5 Å². The van der Waals surface area contributed by atoms with Crippen molar-refractivity contribution in [2.75, 3.05) is 11.9 Å². The fourth-order valence-electron chi connectivity index (χ4n) is 3.46. The normalized spacial score (nSPS) is 21.2. The van der Waals surface area contributed by atoms with E-state index in [0.717, 1.165) is 30.0 Å². The van der Waals surface area contributed by atoms with E-state index in [1.165, 1.54) is 5.56 Å². The van der Waals surface area contributed by atoms with Gasteiger partial charge >= 0.3 is 0 Å².